The Morgan fingerprint density at radius 2 is 0.839 bits per heavy atom. The van der Waals surface area contributed by atoms with Gasteiger partial charge in [-0.1, -0.05) is 103 Å². The molecule has 3 nitrogen and oxygen atoms in total. The van der Waals surface area contributed by atoms with Gasteiger partial charge in [-0.05, 0) is 11.6 Å². The quantitative estimate of drug-likeness (QED) is 0.336. The van der Waals surface area contributed by atoms with Crippen LogP contribution < -0.4 is 0 Å². The summed E-state index contributed by atoms with van der Waals surface area (Å²) in [4.78, 5) is 14.0. The minimum Gasteiger partial charge on any atom is -0.208 e. The average Bonchev–Trinajstić information content (AvgIpc) is 2.85. The molecule has 0 atom stereocenters. The first kappa shape index (κ1) is 18.8. The van der Waals surface area contributed by atoms with Crippen molar-refractivity contribution in [2.45, 2.75) is 0 Å². The molecule has 1 heterocycles. The summed E-state index contributed by atoms with van der Waals surface area (Å²) in [7, 11) is 0. The number of hydrogen-bond acceptors (Lipinski definition) is 3. The van der Waals surface area contributed by atoms with Gasteiger partial charge in [0.05, 0.1) is 0 Å². The first-order valence-electron chi connectivity index (χ1n) is 10.0. The summed E-state index contributed by atoms with van der Waals surface area (Å²) < 4.78 is 15.0. The number of nitrogens with zero attached hydrogens (tertiary/aromatic N) is 3. The van der Waals surface area contributed by atoms with Gasteiger partial charge >= 0.3 is 0 Å². The molecule has 0 unspecified atom stereocenters. The molecule has 0 bridgehead atoms. The van der Waals surface area contributed by atoms with Gasteiger partial charge < -0.3 is 0 Å². The summed E-state index contributed by atoms with van der Waals surface area (Å²) in [5.74, 6) is 1.23. The molecule has 0 saturated carbocycles. The second-order valence-electron chi connectivity index (χ2n) is 7.10. The standard InChI is InChI=1S/C27H18FN3/c28-24-18-22(16-17-23(24)19-10-4-1-5-11-19)27-30-25(20-12-6-2-7-13-20)29-26(31-27)21-14-8-3-9-15-21/h1-18H. The Kier molecular flexibility index (Phi) is 5.03. The number of halogens is 1. The first-order chi connectivity index (χ1) is 15.3. The van der Waals surface area contributed by atoms with Crippen LogP contribution >= 0.6 is 0 Å². The van der Waals surface area contributed by atoms with Gasteiger partial charge in [-0.25, -0.2) is 19.3 Å². The molecule has 0 aliphatic heterocycles. The van der Waals surface area contributed by atoms with E-state index in [-0.39, 0.29) is 5.82 Å². The third-order valence-electron chi connectivity index (χ3n) is 5.01. The van der Waals surface area contributed by atoms with Crippen molar-refractivity contribution in [1.29, 1.82) is 0 Å². The molecule has 5 rings (SSSR count). The van der Waals surface area contributed by atoms with Crippen LogP contribution in [0.5, 0.6) is 0 Å². The second-order valence-corrected chi connectivity index (χ2v) is 7.10. The van der Waals surface area contributed by atoms with E-state index in [0.29, 0.717) is 28.6 Å². The van der Waals surface area contributed by atoms with Crippen LogP contribution in [0.25, 0.3) is 45.3 Å². The van der Waals surface area contributed by atoms with Gasteiger partial charge in [0.25, 0.3) is 0 Å². The van der Waals surface area contributed by atoms with Crippen LogP contribution in [0.4, 0.5) is 4.39 Å². The van der Waals surface area contributed by atoms with Gasteiger partial charge in [0.2, 0.25) is 0 Å². The van der Waals surface area contributed by atoms with Gasteiger partial charge in [0.1, 0.15) is 5.82 Å². The molecular weight excluding hydrogens is 385 g/mol. The Balaban J connectivity index is 1.64. The molecule has 0 fully saturated rings. The predicted octanol–water partition coefficient (Wildman–Crippen LogP) is 6.68. The monoisotopic (exact) mass is 403 g/mol. The minimum atomic E-state index is -0.313. The lowest BCUT2D eigenvalue weighted by Crippen LogP contribution is -2.00. The highest BCUT2D eigenvalue weighted by Crippen LogP contribution is 2.29. The van der Waals surface area contributed by atoms with Crippen LogP contribution in [0, 0.1) is 5.82 Å². The highest BCUT2D eigenvalue weighted by Gasteiger charge is 2.14. The largest absolute Gasteiger partial charge is 0.208 e. The van der Waals surface area contributed by atoms with E-state index in [4.69, 9.17) is 0 Å². The van der Waals surface area contributed by atoms with Crippen molar-refractivity contribution in [3.05, 3.63) is 115 Å². The van der Waals surface area contributed by atoms with E-state index in [0.717, 1.165) is 16.7 Å². The Bertz CT molecular complexity index is 1260. The zero-order valence-electron chi connectivity index (χ0n) is 16.6. The molecule has 148 valence electrons. The highest BCUT2D eigenvalue weighted by atomic mass is 19.1. The van der Waals surface area contributed by atoms with Gasteiger partial charge in [0.15, 0.2) is 17.5 Å². The SMILES string of the molecule is Fc1cc(-c2nc(-c3ccccc3)nc(-c3ccccc3)n2)ccc1-c1ccccc1. The van der Waals surface area contributed by atoms with Crippen LogP contribution in [0.1, 0.15) is 0 Å². The van der Waals surface area contributed by atoms with E-state index in [1.807, 2.05) is 97.1 Å². The summed E-state index contributed by atoms with van der Waals surface area (Å²) in [6.07, 6.45) is 0. The zero-order valence-corrected chi connectivity index (χ0v) is 16.6. The Labute approximate surface area is 179 Å². The van der Waals surface area contributed by atoms with E-state index >= 15 is 0 Å². The summed E-state index contributed by atoms with van der Waals surface area (Å²) in [5, 5.41) is 0. The second kappa shape index (κ2) is 8.28. The van der Waals surface area contributed by atoms with Gasteiger partial charge in [-0.2, -0.15) is 0 Å². The van der Waals surface area contributed by atoms with Crippen molar-refractivity contribution in [2.75, 3.05) is 0 Å². The molecule has 0 N–H and O–H groups in total. The van der Waals surface area contributed by atoms with E-state index < -0.39 is 0 Å². The molecule has 0 aliphatic carbocycles. The van der Waals surface area contributed by atoms with Crippen molar-refractivity contribution in [3.63, 3.8) is 0 Å². The number of benzene rings is 4. The van der Waals surface area contributed by atoms with Crippen molar-refractivity contribution >= 4 is 0 Å². The lowest BCUT2D eigenvalue weighted by Gasteiger charge is -2.10. The molecule has 31 heavy (non-hydrogen) atoms. The summed E-state index contributed by atoms with van der Waals surface area (Å²) in [6.45, 7) is 0. The molecule has 0 saturated heterocycles. The predicted molar refractivity (Wildman–Crippen MR) is 122 cm³/mol. The molecule has 0 spiro atoms. The Morgan fingerprint density at radius 3 is 1.29 bits per heavy atom. The number of rotatable bonds is 4. The van der Waals surface area contributed by atoms with Gasteiger partial charge in [-0.3, -0.25) is 0 Å². The van der Waals surface area contributed by atoms with Crippen LogP contribution in [0.2, 0.25) is 0 Å². The fourth-order valence-electron chi connectivity index (χ4n) is 3.44. The number of hydrogen-bond donors (Lipinski definition) is 0. The maximum atomic E-state index is 15.0. The smallest absolute Gasteiger partial charge is 0.164 e. The van der Waals surface area contributed by atoms with Crippen LogP contribution in [-0.2, 0) is 0 Å². The normalized spacial score (nSPS) is 10.7. The minimum absolute atomic E-state index is 0.313. The summed E-state index contributed by atoms with van der Waals surface area (Å²) in [5.41, 5.74) is 3.74. The van der Waals surface area contributed by atoms with Gasteiger partial charge in [-0.15, -0.1) is 0 Å². The van der Waals surface area contributed by atoms with E-state index in [9.17, 15) is 4.39 Å². The van der Waals surface area contributed by atoms with Crippen LogP contribution in [0.3, 0.4) is 0 Å². The first-order valence-corrected chi connectivity index (χ1v) is 10.0. The third-order valence-corrected chi connectivity index (χ3v) is 5.01. The molecule has 0 aliphatic rings. The molecule has 0 radical (unpaired) electrons. The van der Waals surface area contributed by atoms with Crippen molar-refractivity contribution in [2.24, 2.45) is 0 Å². The zero-order chi connectivity index (χ0) is 21.0. The van der Waals surface area contributed by atoms with Crippen LogP contribution in [-0.4, -0.2) is 15.0 Å². The van der Waals surface area contributed by atoms with Gasteiger partial charge in [0, 0.05) is 22.3 Å². The molecule has 1 aromatic heterocycles. The highest BCUT2D eigenvalue weighted by molar-refractivity contribution is 5.70. The molecule has 5 aromatic rings. The lowest BCUT2D eigenvalue weighted by molar-refractivity contribution is 0.631. The summed E-state index contributed by atoms with van der Waals surface area (Å²) >= 11 is 0. The molecule has 4 aromatic carbocycles. The molecule has 4 heteroatoms. The maximum Gasteiger partial charge on any atom is 0.164 e. The lowest BCUT2D eigenvalue weighted by atomic mass is 10.0. The maximum absolute atomic E-state index is 15.0. The van der Waals surface area contributed by atoms with Crippen LogP contribution in [0.15, 0.2) is 109 Å². The van der Waals surface area contributed by atoms with E-state index in [1.54, 1.807) is 6.07 Å². The van der Waals surface area contributed by atoms with Crippen molar-refractivity contribution in [1.82, 2.24) is 15.0 Å². The average molecular weight is 403 g/mol. The third kappa shape index (κ3) is 3.96. The van der Waals surface area contributed by atoms with E-state index in [1.165, 1.54) is 6.07 Å². The molecule has 0 amide bonds. The Hall–Kier alpha value is -4.18. The van der Waals surface area contributed by atoms with Crippen molar-refractivity contribution in [3.8, 4) is 45.3 Å². The molecular formula is C27H18FN3. The summed E-state index contributed by atoms with van der Waals surface area (Å²) in [6, 6.07) is 34.1. The fourth-order valence-corrected chi connectivity index (χ4v) is 3.44. The fraction of sp³-hybridized carbons (Fsp3) is 0. The van der Waals surface area contributed by atoms with Crippen molar-refractivity contribution < 1.29 is 4.39 Å². The van der Waals surface area contributed by atoms with E-state index in [2.05, 4.69) is 15.0 Å². The topological polar surface area (TPSA) is 38.7 Å². The Morgan fingerprint density at radius 1 is 0.419 bits per heavy atom. The number of aromatic nitrogens is 3.